The SMILES string of the molecule is CCCCN(CCCC)C(=O)c1cc(O)ccc1Cl. The Balaban J connectivity index is 2.87. The fourth-order valence-corrected chi connectivity index (χ4v) is 2.06. The van der Waals surface area contributed by atoms with Crippen molar-refractivity contribution < 1.29 is 9.90 Å². The standard InChI is InChI=1S/C15H22ClNO2/c1-3-5-9-17(10-6-4-2)15(19)13-11-12(18)7-8-14(13)16/h7-8,11,18H,3-6,9-10H2,1-2H3. The van der Waals surface area contributed by atoms with Crippen molar-refractivity contribution in [2.45, 2.75) is 39.5 Å². The van der Waals surface area contributed by atoms with Crippen molar-refractivity contribution >= 4 is 17.5 Å². The molecule has 0 saturated heterocycles. The third-order valence-electron chi connectivity index (χ3n) is 3.03. The first-order valence-electron chi connectivity index (χ1n) is 6.88. The number of hydrogen-bond donors (Lipinski definition) is 1. The monoisotopic (exact) mass is 283 g/mol. The van der Waals surface area contributed by atoms with Crippen molar-refractivity contribution in [2.75, 3.05) is 13.1 Å². The van der Waals surface area contributed by atoms with Crippen molar-refractivity contribution in [3.8, 4) is 5.75 Å². The highest BCUT2D eigenvalue weighted by atomic mass is 35.5. The molecular weight excluding hydrogens is 262 g/mol. The van der Waals surface area contributed by atoms with Crippen molar-refractivity contribution in [2.24, 2.45) is 0 Å². The summed E-state index contributed by atoms with van der Waals surface area (Å²) >= 11 is 6.04. The van der Waals surface area contributed by atoms with Crippen LogP contribution in [0.5, 0.6) is 5.75 Å². The molecule has 0 atom stereocenters. The molecular formula is C15H22ClNO2. The molecule has 0 bridgehead atoms. The Labute approximate surface area is 120 Å². The third kappa shape index (κ3) is 4.75. The number of carbonyl (C=O) groups is 1. The summed E-state index contributed by atoms with van der Waals surface area (Å²) in [5, 5.41) is 9.88. The Morgan fingerprint density at radius 2 is 1.79 bits per heavy atom. The Kier molecular flexibility index (Phi) is 6.71. The van der Waals surface area contributed by atoms with Crippen LogP contribution < -0.4 is 0 Å². The first-order valence-corrected chi connectivity index (χ1v) is 7.25. The molecule has 19 heavy (non-hydrogen) atoms. The molecule has 0 aromatic heterocycles. The van der Waals surface area contributed by atoms with E-state index in [1.165, 1.54) is 12.1 Å². The van der Waals surface area contributed by atoms with Crippen molar-refractivity contribution in [1.82, 2.24) is 4.90 Å². The number of carbonyl (C=O) groups excluding carboxylic acids is 1. The molecule has 1 aromatic rings. The second-order valence-corrected chi connectivity index (χ2v) is 5.07. The molecule has 0 aliphatic heterocycles. The predicted molar refractivity (Wildman–Crippen MR) is 78.8 cm³/mol. The lowest BCUT2D eigenvalue weighted by Gasteiger charge is -2.23. The fraction of sp³-hybridized carbons (Fsp3) is 0.533. The van der Waals surface area contributed by atoms with Gasteiger partial charge in [-0.05, 0) is 31.0 Å². The quantitative estimate of drug-likeness (QED) is 0.819. The number of unbranched alkanes of at least 4 members (excludes halogenated alkanes) is 2. The van der Waals surface area contributed by atoms with Crippen molar-refractivity contribution in [3.63, 3.8) is 0 Å². The zero-order valence-corrected chi connectivity index (χ0v) is 12.4. The Bertz CT molecular complexity index is 413. The van der Waals surface area contributed by atoms with Gasteiger partial charge in [0.25, 0.3) is 5.91 Å². The smallest absolute Gasteiger partial charge is 0.255 e. The maximum absolute atomic E-state index is 12.5. The molecule has 106 valence electrons. The van der Waals surface area contributed by atoms with Crippen LogP contribution in [0, 0.1) is 0 Å². The van der Waals surface area contributed by atoms with Crippen LogP contribution in [0.2, 0.25) is 5.02 Å². The second kappa shape index (κ2) is 8.05. The van der Waals surface area contributed by atoms with Crippen LogP contribution in [0.4, 0.5) is 0 Å². The van der Waals surface area contributed by atoms with E-state index in [-0.39, 0.29) is 11.7 Å². The summed E-state index contributed by atoms with van der Waals surface area (Å²) < 4.78 is 0. The first kappa shape index (κ1) is 15.8. The van der Waals surface area contributed by atoms with Gasteiger partial charge in [0.1, 0.15) is 5.75 Å². The first-order chi connectivity index (χ1) is 9.10. The summed E-state index contributed by atoms with van der Waals surface area (Å²) in [5.41, 5.74) is 0.383. The Morgan fingerprint density at radius 3 is 2.32 bits per heavy atom. The summed E-state index contributed by atoms with van der Waals surface area (Å²) in [5.74, 6) is -0.0264. The van der Waals surface area contributed by atoms with E-state index in [4.69, 9.17) is 11.6 Å². The van der Waals surface area contributed by atoms with Gasteiger partial charge in [0.05, 0.1) is 10.6 Å². The molecule has 0 saturated carbocycles. The highest BCUT2D eigenvalue weighted by molar-refractivity contribution is 6.33. The van der Waals surface area contributed by atoms with Crippen LogP contribution in [0.25, 0.3) is 0 Å². The topological polar surface area (TPSA) is 40.5 Å². The molecule has 0 aliphatic rings. The van der Waals surface area contributed by atoms with Crippen molar-refractivity contribution in [3.05, 3.63) is 28.8 Å². The van der Waals surface area contributed by atoms with Crippen molar-refractivity contribution in [1.29, 1.82) is 0 Å². The van der Waals surface area contributed by atoms with E-state index >= 15 is 0 Å². The molecule has 0 heterocycles. The highest BCUT2D eigenvalue weighted by Crippen LogP contribution is 2.23. The maximum atomic E-state index is 12.5. The van der Waals surface area contributed by atoms with E-state index in [0.717, 1.165) is 38.8 Å². The van der Waals surface area contributed by atoms with Gasteiger partial charge in [0, 0.05) is 13.1 Å². The van der Waals surface area contributed by atoms with E-state index in [1.54, 1.807) is 6.07 Å². The van der Waals surface area contributed by atoms with E-state index in [1.807, 2.05) is 4.90 Å². The summed E-state index contributed by atoms with van der Waals surface area (Å²) in [6.07, 6.45) is 4.05. The van der Waals surface area contributed by atoms with Gasteiger partial charge < -0.3 is 10.0 Å². The number of rotatable bonds is 7. The molecule has 0 unspecified atom stereocenters. The van der Waals surface area contributed by atoms with Gasteiger partial charge >= 0.3 is 0 Å². The van der Waals surface area contributed by atoms with Crippen LogP contribution in [0.3, 0.4) is 0 Å². The Hall–Kier alpha value is -1.22. The molecule has 1 N–H and O–H groups in total. The molecule has 0 aliphatic carbocycles. The summed E-state index contributed by atoms with van der Waals surface area (Å²) in [6.45, 7) is 5.68. The van der Waals surface area contributed by atoms with Gasteiger partial charge in [0.15, 0.2) is 0 Å². The summed E-state index contributed by atoms with van der Waals surface area (Å²) in [6, 6.07) is 4.49. The van der Waals surface area contributed by atoms with Gasteiger partial charge in [-0.25, -0.2) is 0 Å². The Morgan fingerprint density at radius 1 is 1.21 bits per heavy atom. The third-order valence-corrected chi connectivity index (χ3v) is 3.36. The number of nitrogens with zero attached hydrogens (tertiary/aromatic N) is 1. The average Bonchev–Trinajstić information content (AvgIpc) is 2.41. The number of benzene rings is 1. The lowest BCUT2D eigenvalue weighted by molar-refractivity contribution is 0.0751. The normalized spacial score (nSPS) is 10.5. The molecule has 1 aromatic carbocycles. The minimum atomic E-state index is -0.0946. The molecule has 1 amide bonds. The molecule has 0 radical (unpaired) electrons. The molecule has 0 spiro atoms. The molecule has 0 fully saturated rings. The largest absolute Gasteiger partial charge is 0.508 e. The van der Waals surface area contributed by atoms with Crippen LogP contribution in [0.1, 0.15) is 49.9 Å². The summed E-state index contributed by atoms with van der Waals surface area (Å²) in [4.78, 5) is 14.3. The molecule has 4 heteroatoms. The number of phenolic OH excluding ortho intramolecular Hbond substituents is 1. The van der Waals surface area contributed by atoms with Crippen LogP contribution >= 0.6 is 11.6 Å². The maximum Gasteiger partial charge on any atom is 0.255 e. The van der Waals surface area contributed by atoms with E-state index in [2.05, 4.69) is 13.8 Å². The van der Waals surface area contributed by atoms with Gasteiger partial charge in [-0.3, -0.25) is 4.79 Å². The van der Waals surface area contributed by atoms with E-state index < -0.39 is 0 Å². The van der Waals surface area contributed by atoms with Gasteiger partial charge in [-0.1, -0.05) is 38.3 Å². The zero-order chi connectivity index (χ0) is 14.3. The number of amides is 1. The predicted octanol–water partition coefficient (Wildman–Crippen LogP) is 4.09. The average molecular weight is 284 g/mol. The highest BCUT2D eigenvalue weighted by Gasteiger charge is 2.18. The molecule has 3 nitrogen and oxygen atoms in total. The number of halogens is 1. The van der Waals surface area contributed by atoms with Gasteiger partial charge in [-0.15, -0.1) is 0 Å². The zero-order valence-electron chi connectivity index (χ0n) is 11.7. The fourth-order valence-electron chi connectivity index (χ4n) is 1.86. The van der Waals surface area contributed by atoms with Gasteiger partial charge in [-0.2, -0.15) is 0 Å². The minimum Gasteiger partial charge on any atom is -0.508 e. The lowest BCUT2D eigenvalue weighted by Crippen LogP contribution is -2.33. The van der Waals surface area contributed by atoms with Crippen LogP contribution in [-0.4, -0.2) is 29.0 Å². The van der Waals surface area contributed by atoms with Crippen LogP contribution in [0.15, 0.2) is 18.2 Å². The number of aromatic hydroxyl groups is 1. The number of hydrogen-bond acceptors (Lipinski definition) is 2. The minimum absolute atomic E-state index is 0.0682. The van der Waals surface area contributed by atoms with Gasteiger partial charge in [0.2, 0.25) is 0 Å². The van der Waals surface area contributed by atoms with Crippen LogP contribution in [-0.2, 0) is 0 Å². The lowest BCUT2D eigenvalue weighted by atomic mass is 10.1. The van der Waals surface area contributed by atoms with E-state index in [0.29, 0.717) is 10.6 Å². The molecule has 1 rings (SSSR count). The van der Waals surface area contributed by atoms with E-state index in [9.17, 15) is 9.90 Å². The second-order valence-electron chi connectivity index (χ2n) is 4.66. The number of phenols is 1. The summed E-state index contributed by atoms with van der Waals surface area (Å²) in [7, 11) is 0.